The van der Waals surface area contributed by atoms with Crippen molar-refractivity contribution in [1.29, 1.82) is 0 Å². The minimum atomic E-state index is -0.174. The molecule has 5 aromatic carbocycles. The van der Waals surface area contributed by atoms with Crippen molar-refractivity contribution in [1.82, 2.24) is 15.0 Å². The highest BCUT2D eigenvalue weighted by Crippen LogP contribution is 2.42. The van der Waals surface area contributed by atoms with Gasteiger partial charge in [0.25, 0.3) is 0 Å². The van der Waals surface area contributed by atoms with E-state index in [1.165, 1.54) is 12.1 Å². The van der Waals surface area contributed by atoms with E-state index in [9.17, 15) is 10.2 Å². The lowest BCUT2D eigenvalue weighted by molar-refractivity contribution is 0.232. The van der Waals surface area contributed by atoms with Gasteiger partial charge in [-0.25, -0.2) is 4.98 Å². The van der Waals surface area contributed by atoms with Crippen LogP contribution in [0.3, 0.4) is 0 Å². The van der Waals surface area contributed by atoms with Gasteiger partial charge in [-0.1, -0.05) is 120 Å². The lowest BCUT2D eigenvalue weighted by Gasteiger charge is -2.17. The second-order valence-corrected chi connectivity index (χ2v) is 12.6. The van der Waals surface area contributed by atoms with E-state index in [2.05, 4.69) is 74.3 Å². The number of phenolic OH excluding ortho intramolecular Hbond substituents is 2. The second-order valence-electron chi connectivity index (χ2n) is 12.6. The molecule has 6 rings (SSSR count). The number of unbranched alkanes of at least 4 members (excludes halogenated alkanes) is 4. The van der Waals surface area contributed by atoms with E-state index in [4.69, 9.17) is 19.4 Å². The summed E-state index contributed by atoms with van der Waals surface area (Å²) in [5, 5.41) is 29.1. The first kappa shape index (κ1) is 33.0. The average molecular weight is 644 g/mol. The van der Waals surface area contributed by atoms with Crippen molar-refractivity contribution in [2.24, 2.45) is 5.92 Å². The lowest BCUT2D eigenvalue weighted by Crippen LogP contribution is -2.11. The summed E-state index contributed by atoms with van der Waals surface area (Å²) < 4.78 is 12.1. The third-order valence-electron chi connectivity index (χ3n) is 9.17. The largest absolute Gasteiger partial charge is 0.507 e. The molecule has 6 aromatic rings. The van der Waals surface area contributed by atoms with Gasteiger partial charge in [-0.2, -0.15) is 9.97 Å². The smallest absolute Gasteiger partial charge is 0.320 e. The summed E-state index contributed by atoms with van der Waals surface area (Å²) in [4.78, 5) is 14.3. The third kappa shape index (κ3) is 7.15. The van der Waals surface area contributed by atoms with Crippen LogP contribution in [0.2, 0.25) is 0 Å². The Labute approximate surface area is 282 Å². The van der Waals surface area contributed by atoms with Crippen molar-refractivity contribution in [3.05, 3.63) is 78.9 Å². The molecule has 0 amide bonds. The van der Waals surface area contributed by atoms with Crippen LogP contribution in [0.15, 0.2) is 78.9 Å². The van der Waals surface area contributed by atoms with Crippen LogP contribution in [0.5, 0.6) is 23.3 Å². The summed E-state index contributed by atoms with van der Waals surface area (Å²) in [5.41, 5.74) is 0.918. The fourth-order valence-electron chi connectivity index (χ4n) is 6.40. The normalized spacial score (nSPS) is 12.1. The van der Waals surface area contributed by atoms with E-state index >= 15 is 0 Å². The van der Waals surface area contributed by atoms with Crippen LogP contribution in [-0.2, 0) is 0 Å². The number of aromatic hydroxyl groups is 2. The SMILES string of the molecule is CCCCCCOc1nc(-c2c(O)cc(OCC(CC)CCCC)cc2O)nc(-c2cc3c4ccccc4ccc3c3ccccc23)n1. The Morgan fingerprint density at radius 2 is 1.31 bits per heavy atom. The molecule has 7 nitrogen and oxygen atoms in total. The van der Waals surface area contributed by atoms with Crippen LogP contribution in [0, 0.1) is 5.92 Å². The molecule has 1 aromatic heterocycles. The van der Waals surface area contributed by atoms with Crippen molar-refractivity contribution in [2.75, 3.05) is 13.2 Å². The first-order valence-corrected chi connectivity index (χ1v) is 17.4. The fraction of sp³-hybridized carbons (Fsp3) is 0.341. The monoisotopic (exact) mass is 643 g/mol. The van der Waals surface area contributed by atoms with Crippen molar-refractivity contribution >= 4 is 32.3 Å². The Morgan fingerprint density at radius 3 is 2.06 bits per heavy atom. The molecule has 2 N–H and O–H groups in total. The van der Waals surface area contributed by atoms with E-state index in [1.54, 1.807) is 0 Å². The minimum Gasteiger partial charge on any atom is -0.507 e. The van der Waals surface area contributed by atoms with Crippen molar-refractivity contribution < 1.29 is 19.7 Å². The molecule has 0 saturated heterocycles. The number of fused-ring (bicyclic) bond motifs is 5. The van der Waals surface area contributed by atoms with Crippen molar-refractivity contribution in [2.45, 2.75) is 72.1 Å². The van der Waals surface area contributed by atoms with E-state index in [1.807, 2.05) is 18.2 Å². The molecule has 48 heavy (non-hydrogen) atoms. The molecule has 0 aliphatic carbocycles. The maximum absolute atomic E-state index is 11.3. The molecule has 0 spiro atoms. The number of nitrogens with zero attached hydrogens (tertiary/aromatic N) is 3. The highest BCUT2D eigenvalue weighted by atomic mass is 16.5. The van der Waals surface area contributed by atoms with E-state index < -0.39 is 0 Å². The third-order valence-corrected chi connectivity index (χ3v) is 9.17. The van der Waals surface area contributed by atoms with Crippen molar-refractivity contribution in [3.8, 4) is 46.0 Å². The summed E-state index contributed by atoms with van der Waals surface area (Å²) in [5.74, 6) is 0.986. The molecule has 0 aliphatic rings. The standard InChI is InChI=1S/C41H45N3O4/c1-4-7-9-14-22-47-41-43-39(35-25-34-30-17-11-10-16-28(30)20-21-33(34)31-18-12-13-19-32(31)35)42-40(44-41)38-36(45)23-29(24-37(38)46)48-26-27(6-3)15-8-5-2/h10-13,16-21,23-25,27,45-46H,4-9,14-15,22,26H2,1-3H3. The molecular formula is C41H45N3O4. The molecule has 1 atom stereocenters. The zero-order valence-electron chi connectivity index (χ0n) is 28.2. The second kappa shape index (κ2) is 15.3. The van der Waals surface area contributed by atoms with Crippen molar-refractivity contribution in [3.63, 3.8) is 0 Å². The summed E-state index contributed by atoms with van der Waals surface area (Å²) in [6, 6.07) is 26.2. The number of aromatic nitrogens is 3. The summed E-state index contributed by atoms with van der Waals surface area (Å²) >= 11 is 0. The Bertz CT molecular complexity index is 2000. The maximum atomic E-state index is 11.3. The Morgan fingerprint density at radius 1 is 0.625 bits per heavy atom. The lowest BCUT2D eigenvalue weighted by atomic mass is 9.93. The first-order chi connectivity index (χ1) is 23.5. The van der Waals surface area contributed by atoms with Gasteiger partial charge >= 0.3 is 6.01 Å². The summed E-state index contributed by atoms with van der Waals surface area (Å²) in [7, 11) is 0. The van der Waals surface area contributed by atoms with Crippen LogP contribution >= 0.6 is 0 Å². The van der Waals surface area contributed by atoms with Gasteiger partial charge in [-0.15, -0.1) is 0 Å². The molecule has 248 valence electrons. The maximum Gasteiger partial charge on any atom is 0.320 e. The van der Waals surface area contributed by atoms with Gasteiger partial charge < -0.3 is 19.7 Å². The fourth-order valence-corrected chi connectivity index (χ4v) is 6.40. The summed E-state index contributed by atoms with van der Waals surface area (Å²) in [6.45, 7) is 7.48. The van der Waals surface area contributed by atoms with Gasteiger partial charge in [0.2, 0.25) is 0 Å². The molecule has 1 heterocycles. The van der Waals surface area contributed by atoms with Crippen LogP contribution in [0.25, 0.3) is 55.1 Å². The Balaban J connectivity index is 1.45. The number of ether oxygens (including phenoxy) is 2. The highest BCUT2D eigenvalue weighted by Gasteiger charge is 2.21. The molecule has 0 aliphatic heterocycles. The molecule has 0 fully saturated rings. The summed E-state index contributed by atoms with van der Waals surface area (Å²) in [6.07, 6.45) is 8.53. The van der Waals surface area contributed by atoms with E-state index in [-0.39, 0.29) is 28.9 Å². The predicted molar refractivity (Wildman–Crippen MR) is 195 cm³/mol. The Hall–Kier alpha value is -4.91. The zero-order valence-corrected chi connectivity index (χ0v) is 28.2. The first-order valence-electron chi connectivity index (χ1n) is 17.4. The van der Waals surface area contributed by atoms with Crippen LogP contribution in [0.4, 0.5) is 0 Å². The number of hydrogen-bond acceptors (Lipinski definition) is 7. The number of hydrogen-bond donors (Lipinski definition) is 2. The Kier molecular flexibility index (Phi) is 10.5. The molecule has 7 heteroatoms. The number of benzene rings is 5. The van der Waals surface area contributed by atoms with E-state index in [0.717, 1.165) is 89.2 Å². The predicted octanol–water partition coefficient (Wildman–Crippen LogP) is 10.6. The highest BCUT2D eigenvalue weighted by molar-refractivity contribution is 6.20. The molecular weight excluding hydrogens is 598 g/mol. The van der Waals surface area contributed by atoms with Gasteiger partial charge in [-0.05, 0) is 57.1 Å². The van der Waals surface area contributed by atoms with Gasteiger partial charge in [-0.3, -0.25) is 0 Å². The molecule has 0 saturated carbocycles. The topological polar surface area (TPSA) is 97.6 Å². The number of phenols is 2. The molecule has 0 bridgehead atoms. The average Bonchev–Trinajstić information content (AvgIpc) is 3.10. The van der Waals surface area contributed by atoms with E-state index in [0.29, 0.717) is 30.7 Å². The van der Waals surface area contributed by atoms with Crippen LogP contribution in [-0.4, -0.2) is 38.4 Å². The molecule has 1 unspecified atom stereocenters. The number of rotatable bonds is 15. The van der Waals surface area contributed by atoms with Gasteiger partial charge in [0.1, 0.15) is 22.8 Å². The van der Waals surface area contributed by atoms with Gasteiger partial charge in [0, 0.05) is 17.7 Å². The molecule has 0 radical (unpaired) electrons. The quantitative estimate of drug-likeness (QED) is 0.0848. The van der Waals surface area contributed by atoms with Crippen LogP contribution in [0.1, 0.15) is 72.1 Å². The zero-order chi connectivity index (χ0) is 33.5. The van der Waals surface area contributed by atoms with Gasteiger partial charge in [0.05, 0.1) is 13.2 Å². The van der Waals surface area contributed by atoms with Crippen LogP contribution < -0.4 is 9.47 Å². The van der Waals surface area contributed by atoms with Gasteiger partial charge in [0.15, 0.2) is 11.6 Å². The minimum absolute atomic E-state index is 0.107.